The predicted molar refractivity (Wildman–Crippen MR) is 43.0 cm³/mol. The number of carbonyl (C=O) groups excluding carboxylic acids is 1. The fourth-order valence-electron chi connectivity index (χ4n) is 1.32. The molecule has 1 fully saturated rings. The second-order valence-corrected chi connectivity index (χ2v) is 2.94. The van der Waals surface area contributed by atoms with Crippen LogP contribution in [-0.4, -0.2) is 23.9 Å². The quantitative estimate of drug-likeness (QED) is 0.546. The highest BCUT2D eigenvalue weighted by molar-refractivity contribution is 5.97. The minimum Gasteiger partial charge on any atom is -0.339 e. The molecule has 0 aromatic rings. The molecule has 0 atom stereocenters. The van der Waals surface area contributed by atoms with E-state index in [1.165, 1.54) is 6.42 Å². The summed E-state index contributed by atoms with van der Waals surface area (Å²) in [7, 11) is 0. The van der Waals surface area contributed by atoms with Crippen molar-refractivity contribution >= 4 is 5.91 Å². The van der Waals surface area contributed by atoms with Crippen LogP contribution in [0.5, 0.6) is 0 Å². The molecule has 2 heteroatoms. The summed E-state index contributed by atoms with van der Waals surface area (Å²) in [6, 6.07) is 0. The Morgan fingerprint density at radius 1 is 1.45 bits per heavy atom. The molecule has 0 N–H and O–H groups in total. The summed E-state index contributed by atoms with van der Waals surface area (Å²) >= 11 is 0. The van der Waals surface area contributed by atoms with Crippen LogP contribution in [0.2, 0.25) is 0 Å². The summed E-state index contributed by atoms with van der Waals surface area (Å²) in [6.45, 7) is 1.90. The van der Waals surface area contributed by atoms with Crippen LogP contribution in [0.4, 0.5) is 0 Å². The van der Waals surface area contributed by atoms with Crippen molar-refractivity contribution in [2.24, 2.45) is 0 Å². The number of nitrogens with zero attached hydrogens (tertiary/aromatic N) is 1. The van der Waals surface area contributed by atoms with Gasteiger partial charge >= 0.3 is 0 Å². The molecule has 0 unspecified atom stereocenters. The first kappa shape index (κ1) is 6.65. The molecular weight excluding hydrogens is 138 g/mol. The maximum atomic E-state index is 11.4. The molecule has 1 aliphatic carbocycles. The van der Waals surface area contributed by atoms with Crippen LogP contribution in [0, 0.1) is 0 Å². The topological polar surface area (TPSA) is 20.3 Å². The van der Waals surface area contributed by atoms with Gasteiger partial charge in [0.2, 0.25) is 0 Å². The lowest BCUT2D eigenvalue weighted by Gasteiger charge is -2.30. The summed E-state index contributed by atoms with van der Waals surface area (Å²) in [5.41, 5.74) is 0.879. The summed E-state index contributed by atoms with van der Waals surface area (Å²) in [5.74, 6) is 0.213. The van der Waals surface area contributed by atoms with Gasteiger partial charge in [-0.1, -0.05) is 18.2 Å². The second-order valence-electron chi connectivity index (χ2n) is 2.94. The zero-order valence-electron chi connectivity index (χ0n) is 6.42. The number of amides is 1. The molecule has 0 radical (unpaired) electrons. The normalized spacial score (nSPS) is 21.5. The zero-order valence-corrected chi connectivity index (χ0v) is 6.42. The Hall–Kier alpha value is -1.05. The monoisotopic (exact) mass is 149 g/mol. The van der Waals surface area contributed by atoms with Crippen molar-refractivity contribution in [2.45, 2.75) is 12.8 Å². The van der Waals surface area contributed by atoms with Crippen molar-refractivity contribution in [3.05, 3.63) is 23.8 Å². The molecule has 2 aliphatic rings. The zero-order chi connectivity index (χ0) is 7.68. The van der Waals surface area contributed by atoms with Crippen LogP contribution in [0.3, 0.4) is 0 Å². The van der Waals surface area contributed by atoms with Crippen LogP contribution in [0.1, 0.15) is 12.8 Å². The van der Waals surface area contributed by atoms with E-state index in [0.29, 0.717) is 0 Å². The maximum Gasteiger partial charge on any atom is 0.253 e. The molecular formula is C9H11NO. The highest BCUT2D eigenvalue weighted by Crippen LogP contribution is 2.16. The Kier molecular flexibility index (Phi) is 1.53. The third kappa shape index (κ3) is 1.09. The van der Waals surface area contributed by atoms with E-state index in [9.17, 15) is 4.79 Å². The van der Waals surface area contributed by atoms with Crippen LogP contribution < -0.4 is 0 Å². The summed E-state index contributed by atoms with van der Waals surface area (Å²) < 4.78 is 0. The SMILES string of the molecule is O=C(C1=CCC=C1)N1CCC1. The third-order valence-electron chi connectivity index (χ3n) is 2.16. The number of rotatable bonds is 1. The average Bonchev–Trinajstić information content (AvgIpc) is 2.32. The van der Waals surface area contributed by atoms with E-state index < -0.39 is 0 Å². The highest BCUT2D eigenvalue weighted by atomic mass is 16.2. The Bertz CT molecular complexity index is 236. The van der Waals surface area contributed by atoms with Gasteiger partial charge < -0.3 is 4.90 Å². The van der Waals surface area contributed by atoms with Crippen molar-refractivity contribution in [3.63, 3.8) is 0 Å². The van der Waals surface area contributed by atoms with E-state index in [2.05, 4.69) is 0 Å². The van der Waals surface area contributed by atoms with Gasteiger partial charge in [0.25, 0.3) is 5.91 Å². The van der Waals surface area contributed by atoms with E-state index in [1.807, 2.05) is 23.1 Å². The molecule has 0 spiro atoms. The molecule has 0 saturated carbocycles. The van der Waals surface area contributed by atoms with Gasteiger partial charge in [-0.05, 0) is 12.8 Å². The van der Waals surface area contributed by atoms with E-state index in [1.54, 1.807) is 0 Å². The molecule has 1 amide bonds. The number of likely N-dealkylation sites (tertiary alicyclic amines) is 1. The molecule has 1 heterocycles. The van der Waals surface area contributed by atoms with Gasteiger partial charge in [-0.25, -0.2) is 0 Å². The summed E-state index contributed by atoms with van der Waals surface area (Å²) in [6.07, 6.45) is 8.02. The minimum atomic E-state index is 0.213. The first-order valence-electron chi connectivity index (χ1n) is 4.04. The van der Waals surface area contributed by atoms with E-state index in [4.69, 9.17) is 0 Å². The van der Waals surface area contributed by atoms with Crippen LogP contribution in [0.15, 0.2) is 23.8 Å². The number of carbonyl (C=O) groups is 1. The van der Waals surface area contributed by atoms with Crippen LogP contribution in [0.25, 0.3) is 0 Å². The summed E-state index contributed by atoms with van der Waals surface area (Å²) in [4.78, 5) is 13.3. The molecule has 1 aliphatic heterocycles. The average molecular weight is 149 g/mol. The molecule has 11 heavy (non-hydrogen) atoms. The third-order valence-corrected chi connectivity index (χ3v) is 2.16. The fourth-order valence-corrected chi connectivity index (χ4v) is 1.32. The summed E-state index contributed by atoms with van der Waals surface area (Å²) in [5, 5.41) is 0. The van der Waals surface area contributed by atoms with E-state index in [0.717, 1.165) is 25.1 Å². The van der Waals surface area contributed by atoms with Crippen molar-refractivity contribution in [1.29, 1.82) is 0 Å². The first-order valence-corrected chi connectivity index (χ1v) is 4.04. The Labute approximate surface area is 66.2 Å². The molecule has 1 saturated heterocycles. The molecule has 0 bridgehead atoms. The molecule has 0 aromatic carbocycles. The van der Waals surface area contributed by atoms with Crippen molar-refractivity contribution < 1.29 is 4.79 Å². The molecule has 58 valence electrons. The lowest BCUT2D eigenvalue weighted by Crippen LogP contribution is -2.42. The second kappa shape index (κ2) is 2.53. The molecule has 2 nitrogen and oxygen atoms in total. The molecule has 2 rings (SSSR count). The molecule has 0 aromatic heterocycles. The van der Waals surface area contributed by atoms with E-state index >= 15 is 0 Å². The van der Waals surface area contributed by atoms with Crippen molar-refractivity contribution in [1.82, 2.24) is 4.90 Å². The lowest BCUT2D eigenvalue weighted by molar-refractivity contribution is -0.130. The maximum absolute atomic E-state index is 11.4. The van der Waals surface area contributed by atoms with Gasteiger partial charge in [-0.2, -0.15) is 0 Å². The number of allylic oxidation sites excluding steroid dienone is 2. The predicted octanol–water partition coefficient (Wildman–Crippen LogP) is 1.10. The van der Waals surface area contributed by atoms with Crippen LogP contribution >= 0.6 is 0 Å². The Balaban J connectivity index is 2.03. The highest BCUT2D eigenvalue weighted by Gasteiger charge is 2.22. The smallest absolute Gasteiger partial charge is 0.253 e. The minimum absolute atomic E-state index is 0.213. The number of hydrogen-bond donors (Lipinski definition) is 0. The van der Waals surface area contributed by atoms with Gasteiger partial charge in [0, 0.05) is 18.7 Å². The van der Waals surface area contributed by atoms with Gasteiger partial charge in [0.15, 0.2) is 0 Å². The Morgan fingerprint density at radius 2 is 2.27 bits per heavy atom. The first-order chi connectivity index (χ1) is 5.38. The van der Waals surface area contributed by atoms with Crippen molar-refractivity contribution in [3.8, 4) is 0 Å². The van der Waals surface area contributed by atoms with Gasteiger partial charge in [-0.15, -0.1) is 0 Å². The Morgan fingerprint density at radius 3 is 2.73 bits per heavy atom. The largest absolute Gasteiger partial charge is 0.339 e. The van der Waals surface area contributed by atoms with Gasteiger partial charge in [0.1, 0.15) is 0 Å². The van der Waals surface area contributed by atoms with Gasteiger partial charge in [-0.3, -0.25) is 4.79 Å². The fraction of sp³-hybridized carbons (Fsp3) is 0.444. The number of hydrogen-bond acceptors (Lipinski definition) is 1. The van der Waals surface area contributed by atoms with Crippen molar-refractivity contribution in [2.75, 3.05) is 13.1 Å². The standard InChI is InChI=1S/C9H11NO/c11-9(10-6-3-7-10)8-4-1-2-5-8/h1,4-5H,2-3,6-7H2. The van der Waals surface area contributed by atoms with E-state index in [-0.39, 0.29) is 5.91 Å². The van der Waals surface area contributed by atoms with Crippen LogP contribution in [-0.2, 0) is 4.79 Å². The lowest BCUT2D eigenvalue weighted by atomic mass is 10.1. The van der Waals surface area contributed by atoms with Gasteiger partial charge in [0.05, 0.1) is 0 Å².